The van der Waals surface area contributed by atoms with E-state index in [0.717, 1.165) is 12.8 Å². The van der Waals surface area contributed by atoms with Gasteiger partial charge >= 0.3 is 0 Å². The molecule has 1 saturated carbocycles. The molecule has 19 heavy (non-hydrogen) atoms. The summed E-state index contributed by atoms with van der Waals surface area (Å²) in [7, 11) is -3.58. The third-order valence-electron chi connectivity index (χ3n) is 3.47. The van der Waals surface area contributed by atoms with Crippen molar-refractivity contribution in [3.63, 3.8) is 0 Å². The van der Waals surface area contributed by atoms with Crippen LogP contribution in [0.4, 0.5) is 0 Å². The van der Waals surface area contributed by atoms with Crippen molar-refractivity contribution in [1.29, 1.82) is 0 Å². The largest absolute Gasteiger partial charge is 0.242 e. The van der Waals surface area contributed by atoms with E-state index in [2.05, 4.69) is 4.72 Å². The number of halogens is 2. The Labute approximate surface area is 124 Å². The molecule has 0 atom stereocenters. The van der Waals surface area contributed by atoms with Gasteiger partial charge in [-0.25, -0.2) is 13.1 Å². The summed E-state index contributed by atoms with van der Waals surface area (Å²) in [4.78, 5) is 0.0532. The van der Waals surface area contributed by atoms with E-state index >= 15 is 0 Å². The van der Waals surface area contributed by atoms with Crippen molar-refractivity contribution in [2.75, 3.05) is 6.54 Å². The number of sulfonamides is 1. The second-order valence-electron chi connectivity index (χ2n) is 4.93. The molecule has 1 N–H and O–H groups in total. The van der Waals surface area contributed by atoms with Gasteiger partial charge in [0.25, 0.3) is 0 Å². The normalized spacial score (nSPS) is 17.6. The molecule has 1 aromatic rings. The predicted octanol–water partition coefficient (Wildman–Crippen LogP) is 3.85. The van der Waals surface area contributed by atoms with Crippen LogP contribution < -0.4 is 4.72 Å². The molecule has 0 saturated heterocycles. The van der Waals surface area contributed by atoms with Gasteiger partial charge in [-0.2, -0.15) is 0 Å². The van der Waals surface area contributed by atoms with Gasteiger partial charge in [0.1, 0.15) is 4.90 Å². The van der Waals surface area contributed by atoms with Gasteiger partial charge in [-0.3, -0.25) is 0 Å². The van der Waals surface area contributed by atoms with Crippen LogP contribution in [0.3, 0.4) is 0 Å². The molecule has 0 radical (unpaired) electrons. The highest BCUT2D eigenvalue weighted by atomic mass is 35.5. The minimum absolute atomic E-state index is 0.0532. The van der Waals surface area contributed by atoms with Crippen molar-refractivity contribution in [1.82, 2.24) is 4.72 Å². The molecule has 1 aliphatic carbocycles. The Morgan fingerprint density at radius 3 is 2.53 bits per heavy atom. The molecular weight excluding hydrogens is 305 g/mol. The van der Waals surface area contributed by atoms with E-state index in [-0.39, 0.29) is 9.92 Å². The van der Waals surface area contributed by atoms with Gasteiger partial charge in [-0.05, 0) is 37.0 Å². The Kier molecular flexibility index (Phi) is 5.12. The zero-order valence-corrected chi connectivity index (χ0v) is 12.9. The minimum atomic E-state index is -3.58. The van der Waals surface area contributed by atoms with E-state index in [4.69, 9.17) is 23.2 Å². The van der Waals surface area contributed by atoms with Crippen LogP contribution in [-0.4, -0.2) is 15.0 Å². The molecule has 0 spiro atoms. The molecule has 106 valence electrons. The third kappa shape index (κ3) is 4.09. The van der Waals surface area contributed by atoms with Crippen molar-refractivity contribution in [3.8, 4) is 0 Å². The van der Waals surface area contributed by atoms with E-state index in [1.54, 1.807) is 6.07 Å². The second kappa shape index (κ2) is 6.44. The summed E-state index contributed by atoms with van der Waals surface area (Å²) in [5.41, 5.74) is 0. The summed E-state index contributed by atoms with van der Waals surface area (Å²) in [6, 6.07) is 4.45. The average molecular weight is 322 g/mol. The zero-order valence-electron chi connectivity index (χ0n) is 10.5. The van der Waals surface area contributed by atoms with Crippen molar-refractivity contribution >= 4 is 33.2 Å². The van der Waals surface area contributed by atoms with Crippen LogP contribution in [0.1, 0.15) is 32.1 Å². The van der Waals surface area contributed by atoms with Gasteiger partial charge in [0.15, 0.2) is 0 Å². The monoisotopic (exact) mass is 321 g/mol. The van der Waals surface area contributed by atoms with Gasteiger partial charge in [-0.1, -0.05) is 42.5 Å². The maximum Gasteiger partial charge on any atom is 0.242 e. The van der Waals surface area contributed by atoms with Crippen LogP contribution in [0, 0.1) is 5.92 Å². The fraction of sp³-hybridized carbons (Fsp3) is 0.538. The summed E-state index contributed by atoms with van der Waals surface area (Å²) >= 11 is 11.7. The Hall–Kier alpha value is -0.290. The highest BCUT2D eigenvalue weighted by molar-refractivity contribution is 7.89. The smallest absolute Gasteiger partial charge is 0.211 e. The van der Waals surface area contributed by atoms with Crippen LogP contribution in [0.5, 0.6) is 0 Å². The molecule has 1 aromatic carbocycles. The van der Waals surface area contributed by atoms with Crippen LogP contribution in [0.25, 0.3) is 0 Å². The summed E-state index contributed by atoms with van der Waals surface area (Å²) in [5, 5.41) is 0.558. The van der Waals surface area contributed by atoms with Gasteiger partial charge in [-0.15, -0.1) is 0 Å². The fourth-order valence-electron chi connectivity index (χ4n) is 2.38. The first-order chi connectivity index (χ1) is 8.99. The number of benzene rings is 1. The van der Waals surface area contributed by atoms with Crippen molar-refractivity contribution < 1.29 is 8.42 Å². The topological polar surface area (TPSA) is 46.2 Å². The zero-order chi connectivity index (χ0) is 13.9. The van der Waals surface area contributed by atoms with Crippen LogP contribution in [-0.2, 0) is 10.0 Å². The molecule has 0 aromatic heterocycles. The summed E-state index contributed by atoms with van der Waals surface area (Å²) in [6.45, 7) is 0.477. The molecule has 0 bridgehead atoms. The lowest BCUT2D eigenvalue weighted by Crippen LogP contribution is -2.30. The second-order valence-corrected chi connectivity index (χ2v) is 7.51. The molecule has 0 amide bonds. The number of hydrogen-bond donors (Lipinski definition) is 1. The molecule has 2 rings (SSSR count). The molecule has 0 aliphatic heterocycles. The molecule has 1 fully saturated rings. The Morgan fingerprint density at radius 2 is 1.84 bits per heavy atom. The van der Waals surface area contributed by atoms with Crippen molar-refractivity contribution in [2.45, 2.75) is 37.0 Å². The Morgan fingerprint density at radius 1 is 1.16 bits per heavy atom. The summed E-state index contributed by atoms with van der Waals surface area (Å²) in [5.74, 6) is 0.432. The van der Waals surface area contributed by atoms with E-state index in [9.17, 15) is 8.42 Å². The Bertz CT molecular complexity index is 540. The van der Waals surface area contributed by atoms with Gasteiger partial charge in [0.05, 0.1) is 5.02 Å². The first-order valence-electron chi connectivity index (χ1n) is 6.44. The first-order valence-corrected chi connectivity index (χ1v) is 8.67. The molecule has 0 unspecified atom stereocenters. The lowest BCUT2D eigenvalue weighted by atomic mass is 9.90. The van der Waals surface area contributed by atoms with Gasteiger partial charge < -0.3 is 0 Å². The molecule has 0 heterocycles. The van der Waals surface area contributed by atoms with Crippen molar-refractivity contribution in [2.24, 2.45) is 5.92 Å². The standard InChI is InChI=1S/C13H17Cl2NO2S/c14-11-6-7-12(15)13(8-11)19(17,18)16-9-10-4-2-1-3-5-10/h6-8,10,16H,1-5,9H2. The highest BCUT2D eigenvalue weighted by Gasteiger charge is 2.21. The lowest BCUT2D eigenvalue weighted by Gasteiger charge is -2.21. The number of rotatable bonds is 4. The number of nitrogens with one attached hydrogen (secondary N) is 1. The molecular formula is C13H17Cl2NO2S. The van der Waals surface area contributed by atoms with E-state index in [1.807, 2.05) is 0 Å². The molecule has 3 nitrogen and oxygen atoms in total. The first kappa shape index (κ1) is 15.1. The maximum absolute atomic E-state index is 12.2. The molecule has 1 aliphatic rings. The predicted molar refractivity (Wildman–Crippen MR) is 78.2 cm³/mol. The molecule has 6 heteroatoms. The van der Waals surface area contributed by atoms with E-state index in [1.165, 1.54) is 31.4 Å². The Balaban J connectivity index is 2.07. The lowest BCUT2D eigenvalue weighted by molar-refractivity contribution is 0.357. The van der Waals surface area contributed by atoms with Crippen LogP contribution in [0.2, 0.25) is 10.0 Å². The third-order valence-corrected chi connectivity index (χ3v) is 5.61. The quantitative estimate of drug-likeness (QED) is 0.915. The van der Waals surface area contributed by atoms with Crippen LogP contribution >= 0.6 is 23.2 Å². The summed E-state index contributed by atoms with van der Waals surface area (Å²) < 4.78 is 27.0. The summed E-state index contributed by atoms with van der Waals surface area (Å²) in [6.07, 6.45) is 5.80. The average Bonchev–Trinajstić information content (AvgIpc) is 2.40. The van der Waals surface area contributed by atoms with E-state index < -0.39 is 10.0 Å². The number of hydrogen-bond acceptors (Lipinski definition) is 2. The maximum atomic E-state index is 12.2. The van der Waals surface area contributed by atoms with Gasteiger partial charge in [0, 0.05) is 11.6 Å². The van der Waals surface area contributed by atoms with Gasteiger partial charge in [0.2, 0.25) is 10.0 Å². The van der Waals surface area contributed by atoms with E-state index in [0.29, 0.717) is 17.5 Å². The van der Waals surface area contributed by atoms with Crippen molar-refractivity contribution in [3.05, 3.63) is 28.2 Å². The fourth-order valence-corrected chi connectivity index (χ4v) is 4.26. The SMILES string of the molecule is O=S(=O)(NCC1CCCCC1)c1cc(Cl)ccc1Cl. The highest BCUT2D eigenvalue weighted by Crippen LogP contribution is 2.26. The minimum Gasteiger partial charge on any atom is -0.211 e. The van der Waals surface area contributed by atoms with Crippen LogP contribution in [0.15, 0.2) is 23.1 Å².